The van der Waals surface area contributed by atoms with E-state index in [0.717, 1.165) is 99.8 Å². The summed E-state index contributed by atoms with van der Waals surface area (Å²) in [5.74, 6) is 0. The highest BCUT2D eigenvalue weighted by Crippen LogP contribution is 2.44. The fourth-order valence-electron chi connectivity index (χ4n) is 8.94. The third kappa shape index (κ3) is 5.99. The smallest absolute Gasteiger partial charge is 0.189 e. The number of fused-ring (bicyclic) bond motifs is 6. The van der Waals surface area contributed by atoms with Gasteiger partial charge in [-0.15, -0.1) is 0 Å². The minimum atomic E-state index is 0.385. The number of nitriles is 3. The molecule has 0 radical (unpaired) electrons. The minimum Gasteiger partial charge on any atom is -0.308 e. The third-order valence-electron chi connectivity index (χ3n) is 11.4. The lowest BCUT2D eigenvalue weighted by Gasteiger charge is -2.21. The number of nitrogens with zero attached hydrogens (tertiary/aromatic N) is 8. The van der Waals surface area contributed by atoms with E-state index in [0.29, 0.717) is 28.1 Å². The Labute approximate surface area is 356 Å². The van der Waals surface area contributed by atoms with E-state index in [1.165, 1.54) is 0 Å². The number of rotatable bonds is 5. The van der Waals surface area contributed by atoms with Gasteiger partial charge >= 0.3 is 0 Å². The van der Waals surface area contributed by atoms with Crippen LogP contribution in [0.3, 0.4) is 0 Å². The van der Waals surface area contributed by atoms with Crippen LogP contribution in [0.25, 0.3) is 98.1 Å². The van der Waals surface area contributed by atoms with Gasteiger partial charge in [-0.3, -0.25) is 4.98 Å². The van der Waals surface area contributed by atoms with Crippen LogP contribution in [-0.2, 0) is 0 Å². The summed E-state index contributed by atoms with van der Waals surface area (Å²) < 4.78 is 4.45. The molecule has 0 saturated heterocycles. The van der Waals surface area contributed by atoms with Gasteiger partial charge in [0, 0.05) is 49.6 Å². The first-order valence-electron chi connectivity index (χ1n) is 19.8. The Hall–Kier alpha value is -9.26. The van der Waals surface area contributed by atoms with Crippen molar-refractivity contribution in [3.63, 3.8) is 0 Å². The maximum atomic E-state index is 10.9. The Bertz CT molecular complexity index is 3490. The molecule has 0 aliphatic heterocycles. The highest BCUT2D eigenvalue weighted by Gasteiger charge is 2.24. The van der Waals surface area contributed by atoms with Crippen molar-refractivity contribution in [1.82, 2.24) is 14.1 Å². The average Bonchev–Trinajstić information content (AvgIpc) is 3.82. The first-order chi connectivity index (χ1) is 30.3. The molecule has 0 fully saturated rings. The first kappa shape index (κ1) is 37.0. The maximum Gasteiger partial charge on any atom is 0.189 e. The van der Waals surface area contributed by atoms with Crippen LogP contribution in [0.1, 0.15) is 28.1 Å². The molecule has 0 aliphatic rings. The highest BCUT2D eigenvalue weighted by atomic mass is 15.0. The van der Waals surface area contributed by atoms with Crippen LogP contribution in [-0.4, -0.2) is 14.1 Å². The number of pyridine rings is 1. The van der Waals surface area contributed by atoms with E-state index >= 15 is 0 Å². The Balaban J connectivity index is 1.35. The van der Waals surface area contributed by atoms with Crippen molar-refractivity contribution in [1.29, 1.82) is 15.8 Å². The number of hydrogen-bond acceptors (Lipinski definition) is 4. The van der Waals surface area contributed by atoms with Crippen molar-refractivity contribution in [3.8, 4) is 63.0 Å². The summed E-state index contributed by atoms with van der Waals surface area (Å²) in [6, 6.07) is 54.3. The predicted molar refractivity (Wildman–Crippen MR) is 245 cm³/mol. The molecule has 7 aromatic carbocycles. The third-order valence-corrected chi connectivity index (χ3v) is 11.4. The van der Waals surface area contributed by atoms with E-state index in [1.54, 1.807) is 36.4 Å². The lowest BCUT2D eigenvalue weighted by Crippen LogP contribution is -2.06. The molecule has 0 atom stereocenters. The Kier molecular flexibility index (Phi) is 8.68. The van der Waals surface area contributed by atoms with E-state index in [2.05, 4.69) is 97.7 Å². The van der Waals surface area contributed by atoms with Gasteiger partial charge in [-0.05, 0) is 127 Å². The fourth-order valence-corrected chi connectivity index (χ4v) is 8.94. The zero-order valence-electron chi connectivity index (χ0n) is 33.4. The molecule has 0 unspecified atom stereocenters. The lowest BCUT2D eigenvalue weighted by atomic mass is 9.97. The summed E-state index contributed by atoms with van der Waals surface area (Å²) in [5, 5.41) is 34.7. The van der Waals surface area contributed by atoms with Gasteiger partial charge in [-0.2, -0.15) is 15.8 Å². The quantitative estimate of drug-likeness (QED) is 0.162. The van der Waals surface area contributed by atoms with Crippen molar-refractivity contribution >= 4 is 55.0 Å². The van der Waals surface area contributed by atoms with Crippen molar-refractivity contribution in [2.75, 3.05) is 0 Å². The van der Waals surface area contributed by atoms with Crippen molar-refractivity contribution in [2.45, 2.75) is 13.8 Å². The second-order valence-corrected chi connectivity index (χ2v) is 15.3. The highest BCUT2D eigenvalue weighted by molar-refractivity contribution is 6.13. The van der Waals surface area contributed by atoms with Gasteiger partial charge in [0.15, 0.2) is 11.4 Å². The number of para-hydroxylation sites is 2. The average molecular weight is 791 g/mol. The number of hydrogen-bond donors (Lipinski definition) is 0. The number of aryl methyl sites for hydroxylation is 2. The van der Waals surface area contributed by atoms with Crippen LogP contribution < -0.4 is 0 Å². The predicted octanol–water partition coefficient (Wildman–Crippen LogP) is 13.6. The van der Waals surface area contributed by atoms with Crippen LogP contribution in [0, 0.1) is 61.0 Å². The lowest BCUT2D eigenvalue weighted by molar-refractivity contribution is 1.11. The summed E-state index contributed by atoms with van der Waals surface area (Å²) in [5.41, 5.74) is 13.9. The Morgan fingerprint density at radius 3 is 1.29 bits per heavy atom. The van der Waals surface area contributed by atoms with Crippen LogP contribution in [0.5, 0.6) is 0 Å². The standard InChI is InChI=1S/C54H30N8/c1-32-17-41(18-33(2)60-32)54-52(61-48-11-7-5-9-44(48)46-15-13-37(27-50(46)61)39-19-34(29-55)21-42(25-39)58-3)23-36(31-57)24-53(54)62-49-12-8-6-10-45(49)47-16-14-38(28-51(47)62)40-20-35(30-56)22-43(26-40)59-4/h5-28H,1-2H3. The van der Waals surface area contributed by atoms with Gasteiger partial charge < -0.3 is 9.13 Å². The molecule has 10 rings (SSSR count). The van der Waals surface area contributed by atoms with E-state index < -0.39 is 0 Å². The number of aromatic nitrogens is 3. The molecule has 10 aromatic rings. The van der Waals surface area contributed by atoms with Crippen LogP contribution >= 0.6 is 0 Å². The SMILES string of the molecule is [C-]#[N+]c1cc(C#N)cc(-c2ccc3c4ccccc4n(-c4cc(C#N)cc(-n5c6ccccc6c6ccc(-c7cc(C#N)cc([N+]#[C-])c7)cc65)c4-c4cc(C)nc(C)c4)c3c2)c1. The zero-order valence-corrected chi connectivity index (χ0v) is 33.4. The van der Waals surface area contributed by atoms with E-state index in [9.17, 15) is 15.8 Å². The van der Waals surface area contributed by atoms with Gasteiger partial charge in [0.25, 0.3) is 0 Å². The van der Waals surface area contributed by atoms with Crippen molar-refractivity contribution < 1.29 is 0 Å². The normalized spacial score (nSPS) is 11.0. The molecule has 0 N–H and O–H groups in total. The molecular weight excluding hydrogens is 761 g/mol. The second-order valence-electron chi connectivity index (χ2n) is 15.3. The molecule has 0 spiro atoms. The summed E-state index contributed by atoms with van der Waals surface area (Å²) in [6.07, 6.45) is 0. The van der Waals surface area contributed by atoms with Crippen LogP contribution in [0.2, 0.25) is 0 Å². The molecular formula is C54H30N8. The molecule has 3 aromatic heterocycles. The Morgan fingerprint density at radius 1 is 0.435 bits per heavy atom. The topological polar surface area (TPSA) is 103 Å². The monoisotopic (exact) mass is 790 g/mol. The summed E-state index contributed by atoms with van der Waals surface area (Å²) in [6.45, 7) is 19.4. The molecule has 0 aliphatic carbocycles. The van der Waals surface area contributed by atoms with Crippen LogP contribution in [0.4, 0.5) is 11.4 Å². The zero-order chi connectivity index (χ0) is 42.6. The summed E-state index contributed by atoms with van der Waals surface area (Å²) in [7, 11) is 0. The number of benzene rings is 7. The molecule has 62 heavy (non-hydrogen) atoms. The molecule has 0 amide bonds. The first-order valence-corrected chi connectivity index (χ1v) is 19.8. The molecule has 8 nitrogen and oxygen atoms in total. The van der Waals surface area contributed by atoms with E-state index in [-0.39, 0.29) is 0 Å². The van der Waals surface area contributed by atoms with Gasteiger partial charge in [0.1, 0.15) is 0 Å². The van der Waals surface area contributed by atoms with Crippen LogP contribution in [0.15, 0.2) is 146 Å². The largest absolute Gasteiger partial charge is 0.308 e. The molecule has 0 bridgehead atoms. The molecule has 286 valence electrons. The molecule has 3 heterocycles. The second kappa shape index (κ2) is 14.5. The van der Waals surface area contributed by atoms with E-state index in [4.69, 9.17) is 18.1 Å². The molecule has 8 heteroatoms. The Morgan fingerprint density at radius 2 is 0.855 bits per heavy atom. The van der Waals surface area contributed by atoms with Crippen molar-refractivity contribution in [2.24, 2.45) is 0 Å². The molecule has 0 saturated carbocycles. The minimum absolute atomic E-state index is 0.385. The summed E-state index contributed by atoms with van der Waals surface area (Å²) >= 11 is 0. The summed E-state index contributed by atoms with van der Waals surface area (Å²) in [4.78, 5) is 12.1. The van der Waals surface area contributed by atoms with Gasteiger partial charge in [0.2, 0.25) is 0 Å². The van der Waals surface area contributed by atoms with Gasteiger partial charge in [-0.1, -0.05) is 60.7 Å². The van der Waals surface area contributed by atoms with Gasteiger partial charge in [0.05, 0.1) is 70.4 Å². The van der Waals surface area contributed by atoms with E-state index in [1.807, 2.05) is 62.4 Å². The van der Waals surface area contributed by atoms with Gasteiger partial charge in [-0.25, -0.2) is 9.69 Å². The fraction of sp³-hybridized carbons (Fsp3) is 0.0370. The van der Waals surface area contributed by atoms with Crippen molar-refractivity contribution in [3.05, 3.63) is 197 Å². The maximum absolute atomic E-state index is 10.9.